The van der Waals surface area contributed by atoms with Crippen molar-refractivity contribution in [3.63, 3.8) is 0 Å². The third kappa shape index (κ3) is 5.25. The van der Waals surface area contributed by atoms with Gasteiger partial charge in [-0.1, -0.05) is 97.1 Å². The molecule has 5 aromatic carbocycles. The zero-order valence-corrected chi connectivity index (χ0v) is 23.1. The quantitative estimate of drug-likeness (QED) is 0.0544. The number of ether oxygens (including phenoxy) is 1. The first-order valence-electron chi connectivity index (χ1n) is 13.2. The number of hydrogen-bond donors (Lipinski definition) is 1. The van der Waals surface area contributed by atoms with E-state index < -0.39 is 55.8 Å². The Balaban J connectivity index is 1.49. The number of hydrogen-bond acceptors (Lipinski definition) is 8. The minimum Gasteiger partial charge on any atom is -0.423 e. The minimum atomic E-state index is -4.88. The van der Waals surface area contributed by atoms with Crippen molar-refractivity contribution in [1.82, 2.24) is 0 Å². The molecule has 0 aromatic heterocycles. The van der Waals surface area contributed by atoms with Crippen LogP contribution in [-0.4, -0.2) is 30.5 Å². The van der Waals surface area contributed by atoms with Gasteiger partial charge < -0.3 is 4.74 Å². The predicted octanol–water partition coefficient (Wildman–Crippen LogP) is 6.89. The molecule has 0 spiro atoms. The number of carbonyl (C=O) groups excluding carboxylic acids is 3. The molecule has 0 saturated heterocycles. The molecule has 2 unspecified atom stereocenters. The lowest BCUT2D eigenvalue weighted by atomic mass is 9.76. The van der Waals surface area contributed by atoms with Crippen molar-refractivity contribution >= 4 is 49.8 Å². The lowest BCUT2D eigenvalue weighted by Crippen LogP contribution is -2.40. The Kier molecular flexibility index (Phi) is 7.22. The molecule has 0 amide bonds. The number of carbonyl (C=O) groups is 3. The standard InChI is InChI=1S/C33H22N2O7S/c36-30(22-13-5-2-6-14-22)27(21-11-3-1-4-12-21)28-31(37)24-18-19-26(43(39,40)41)29(32(24)42-33(28)38)35-34-25-17-9-15-20-10-7-8-16-23(20)25/h1-19,27-28H,(H,39,40,41). The summed E-state index contributed by atoms with van der Waals surface area (Å²) in [7, 11) is -4.88. The number of Topliss-reactive ketones (excluding diaryl/α,β-unsaturated/α-hetero) is 2. The molecule has 0 fully saturated rings. The summed E-state index contributed by atoms with van der Waals surface area (Å²) in [6.45, 7) is 0. The largest absolute Gasteiger partial charge is 0.423 e. The SMILES string of the molecule is O=C1Oc2c(ccc(S(=O)(=O)O)c2N=Nc2cccc3ccccc23)C(=O)C1C(C(=O)c1ccccc1)c1ccccc1. The zero-order valence-electron chi connectivity index (χ0n) is 22.3. The van der Waals surface area contributed by atoms with E-state index in [1.54, 1.807) is 84.9 Å². The lowest BCUT2D eigenvalue weighted by molar-refractivity contribution is -0.138. The molecule has 1 heterocycles. The summed E-state index contributed by atoms with van der Waals surface area (Å²) in [5.74, 6) is -5.54. The molecular weight excluding hydrogens is 568 g/mol. The van der Waals surface area contributed by atoms with E-state index in [9.17, 15) is 27.4 Å². The minimum absolute atomic E-state index is 0.175. The average Bonchev–Trinajstić information content (AvgIpc) is 3.02. The highest BCUT2D eigenvalue weighted by Crippen LogP contribution is 2.45. The van der Waals surface area contributed by atoms with E-state index in [2.05, 4.69) is 10.2 Å². The number of ketones is 2. The number of esters is 1. The van der Waals surface area contributed by atoms with Gasteiger partial charge in [0.1, 0.15) is 10.8 Å². The van der Waals surface area contributed by atoms with Crippen LogP contribution in [0.4, 0.5) is 11.4 Å². The van der Waals surface area contributed by atoms with Gasteiger partial charge in [0.15, 0.2) is 23.0 Å². The second kappa shape index (κ2) is 11.2. The Hall–Kier alpha value is -5.32. The third-order valence-corrected chi connectivity index (χ3v) is 8.12. The van der Waals surface area contributed by atoms with Crippen molar-refractivity contribution in [1.29, 1.82) is 0 Å². The zero-order chi connectivity index (χ0) is 30.1. The van der Waals surface area contributed by atoms with Crippen LogP contribution in [-0.2, 0) is 14.9 Å². The van der Waals surface area contributed by atoms with Crippen molar-refractivity contribution in [2.24, 2.45) is 16.1 Å². The van der Waals surface area contributed by atoms with Gasteiger partial charge in [0, 0.05) is 10.9 Å². The van der Waals surface area contributed by atoms with E-state index in [0.717, 1.165) is 17.5 Å². The highest BCUT2D eigenvalue weighted by Gasteiger charge is 2.47. The number of benzene rings is 5. The van der Waals surface area contributed by atoms with E-state index in [-0.39, 0.29) is 5.56 Å². The fraction of sp³-hybridized carbons (Fsp3) is 0.0606. The van der Waals surface area contributed by atoms with Crippen LogP contribution in [0.3, 0.4) is 0 Å². The maximum absolute atomic E-state index is 14.0. The van der Waals surface area contributed by atoms with Crippen molar-refractivity contribution in [2.75, 3.05) is 0 Å². The summed E-state index contributed by atoms with van der Waals surface area (Å²) in [6, 6.07) is 31.4. The van der Waals surface area contributed by atoms with Gasteiger partial charge >= 0.3 is 5.97 Å². The van der Waals surface area contributed by atoms with E-state index in [1.165, 1.54) is 0 Å². The highest BCUT2D eigenvalue weighted by atomic mass is 32.2. The first kappa shape index (κ1) is 27.8. The molecular formula is C33H22N2O7S. The molecule has 43 heavy (non-hydrogen) atoms. The second-order valence-electron chi connectivity index (χ2n) is 9.84. The number of nitrogens with zero attached hydrogens (tertiary/aromatic N) is 2. The monoisotopic (exact) mass is 590 g/mol. The lowest BCUT2D eigenvalue weighted by Gasteiger charge is -2.29. The Labute approximate surface area is 246 Å². The van der Waals surface area contributed by atoms with Crippen LogP contribution < -0.4 is 4.74 Å². The van der Waals surface area contributed by atoms with Crippen LogP contribution in [0.15, 0.2) is 130 Å². The third-order valence-electron chi connectivity index (χ3n) is 7.23. The van der Waals surface area contributed by atoms with Crippen LogP contribution in [0.2, 0.25) is 0 Å². The van der Waals surface area contributed by atoms with Crippen LogP contribution in [0.1, 0.15) is 32.2 Å². The first-order chi connectivity index (χ1) is 20.7. The summed E-state index contributed by atoms with van der Waals surface area (Å²) in [5, 5.41) is 9.84. The van der Waals surface area contributed by atoms with Gasteiger partial charge in [-0.25, -0.2) is 0 Å². The van der Waals surface area contributed by atoms with Gasteiger partial charge in [-0.3, -0.25) is 18.9 Å². The maximum Gasteiger partial charge on any atom is 0.323 e. The fourth-order valence-electron chi connectivity index (χ4n) is 5.22. The molecule has 1 aliphatic rings. The molecule has 1 aliphatic heterocycles. The first-order valence-corrected chi connectivity index (χ1v) is 14.6. The molecule has 5 aromatic rings. The molecule has 9 nitrogen and oxygen atoms in total. The van der Waals surface area contributed by atoms with Crippen LogP contribution in [0.5, 0.6) is 5.75 Å². The molecule has 0 saturated carbocycles. The van der Waals surface area contributed by atoms with E-state index in [0.29, 0.717) is 22.2 Å². The topological polar surface area (TPSA) is 140 Å². The molecule has 1 N–H and O–H groups in total. The summed E-state index contributed by atoms with van der Waals surface area (Å²) in [4.78, 5) is 40.7. The Morgan fingerprint density at radius 3 is 2.14 bits per heavy atom. The summed E-state index contributed by atoms with van der Waals surface area (Å²) in [5.41, 5.74) is 0.417. The number of azo groups is 1. The molecule has 6 rings (SSSR count). The second-order valence-corrected chi connectivity index (χ2v) is 11.2. The van der Waals surface area contributed by atoms with Crippen LogP contribution >= 0.6 is 0 Å². The Bertz CT molecular complexity index is 2040. The summed E-state index contributed by atoms with van der Waals surface area (Å²) in [6.07, 6.45) is 0. The molecule has 10 heteroatoms. The smallest absolute Gasteiger partial charge is 0.323 e. The molecule has 0 bridgehead atoms. The average molecular weight is 591 g/mol. The van der Waals surface area contributed by atoms with Gasteiger partial charge in [0.2, 0.25) is 0 Å². The molecule has 212 valence electrons. The van der Waals surface area contributed by atoms with E-state index >= 15 is 0 Å². The number of fused-ring (bicyclic) bond motifs is 2. The van der Waals surface area contributed by atoms with Crippen molar-refractivity contribution in [2.45, 2.75) is 10.8 Å². The predicted molar refractivity (Wildman–Crippen MR) is 158 cm³/mol. The Morgan fingerprint density at radius 1 is 0.767 bits per heavy atom. The van der Waals surface area contributed by atoms with Crippen LogP contribution in [0, 0.1) is 5.92 Å². The van der Waals surface area contributed by atoms with E-state index in [4.69, 9.17) is 4.74 Å². The maximum atomic E-state index is 14.0. The van der Waals surface area contributed by atoms with E-state index in [1.807, 2.05) is 18.2 Å². The number of rotatable bonds is 7. The highest BCUT2D eigenvalue weighted by molar-refractivity contribution is 7.86. The van der Waals surface area contributed by atoms with Crippen LogP contribution in [0.25, 0.3) is 10.8 Å². The molecule has 0 radical (unpaired) electrons. The normalized spacial score (nSPS) is 15.7. The van der Waals surface area contributed by atoms with Gasteiger partial charge in [0.05, 0.1) is 17.2 Å². The molecule has 2 atom stereocenters. The van der Waals surface area contributed by atoms with Gasteiger partial charge in [-0.15, -0.1) is 10.2 Å². The summed E-state index contributed by atoms with van der Waals surface area (Å²) >= 11 is 0. The van der Waals surface area contributed by atoms with Crippen molar-refractivity contribution in [3.05, 3.63) is 132 Å². The fourth-order valence-corrected chi connectivity index (χ4v) is 5.83. The molecule has 0 aliphatic carbocycles. The van der Waals surface area contributed by atoms with Gasteiger partial charge in [-0.2, -0.15) is 8.42 Å². The van der Waals surface area contributed by atoms with Gasteiger partial charge in [0.25, 0.3) is 10.1 Å². The Morgan fingerprint density at radius 2 is 1.42 bits per heavy atom. The van der Waals surface area contributed by atoms with Gasteiger partial charge in [-0.05, 0) is 29.1 Å². The summed E-state index contributed by atoms with van der Waals surface area (Å²) < 4.78 is 40.2. The van der Waals surface area contributed by atoms with Crippen molar-refractivity contribution in [3.8, 4) is 5.75 Å². The van der Waals surface area contributed by atoms with Crippen molar-refractivity contribution < 1.29 is 32.1 Å².